The average Bonchev–Trinajstić information content (AvgIpc) is 2.24. The molecule has 1 rings (SSSR count). The molecule has 0 aliphatic carbocycles. The molecule has 0 amide bonds. The van der Waals surface area contributed by atoms with Crippen LogP contribution in [0.1, 0.15) is 36.7 Å². The Morgan fingerprint density at radius 3 is 2.22 bits per heavy atom. The fourth-order valence-corrected chi connectivity index (χ4v) is 3.27. The van der Waals surface area contributed by atoms with Gasteiger partial charge in [0.2, 0.25) is 0 Å². The van der Waals surface area contributed by atoms with E-state index in [2.05, 4.69) is 0 Å². The number of hydrogen-bond acceptors (Lipinski definition) is 3. The molecule has 1 aromatic rings. The van der Waals surface area contributed by atoms with E-state index >= 15 is 0 Å². The van der Waals surface area contributed by atoms with Crippen LogP contribution < -0.4 is 0 Å². The minimum absolute atomic E-state index is 0.121. The zero-order valence-electron chi connectivity index (χ0n) is 10.7. The van der Waals surface area contributed by atoms with Gasteiger partial charge in [0, 0.05) is 0 Å². The average molecular weight is 312 g/mol. The van der Waals surface area contributed by atoms with Crippen LogP contribution in [0, 0.1) is 0 Å². The Morgan fingerprint density at radius 1 is 1.22 bits per heavy atom. The first-order chi connectivity index (χ1) is 8.28. The van der Waals surface area contributed by atoms with Gasteiger partial charge in [0.25, 0.3) is 0 Å². The van der Waals surface area contributed by atoms with E-state index in [4.69, 9.17) is 9.84 Å². The number of hydrogen-bond donors (Lipinski definition) is 1. The summed E-state index contributed by atoms with van der Waals surface area (Å²) in [4.78, 5) is 22.2. The van der Waals surface area contributed by atoms with Crippen molar-refractivity contribution in [1.82, 2.24) is 0 Å². The third-order valence-corrected chi connectivity index (χ3v) is 4.08. The van der Waals surface area contributed by atoms with E-state index in [-0.39, 0.29) is 10.3 Å². The summed E-state index contributed by atoms with van der Waals surface area (Å²) in [5.74, 6) is -0.940. The van der Waals surface area contributed by atoms with Gasteiger partial charge < -0.3 is 0 Å². The van der Waals surface area contributed by atoms with Crippen LogP contribution in [0.3, 0.4) is 0 Å². The molecule has 18 heavy (non-hydrogen) atoms. The zero-order valence-corrected chi connectivity index (χ0v) is 12.8. The second kappa shape index (κ2) is 6.05. The number of carbonyl (C=O) groups excluding carboxylic acids is 1. The number of carboxylic acids is 1. The molecule has 1 unspecified atom stereocenters. The summed E-state index contributed by atoms with van der Waals surface area (Å²) in [5.41, 5.74) is 0.801. The maximum atomic E-state index is 11.5. The topological polar surface area (TPSA) is 63.6 Å². The van der Waals surface area contributed by atoms with Gasteiger partial charge in [0.05, 0.1) is 0 Å². The molecule has 0 fully saturated rings. The molecule has 0 saturated heterocycles. The molecule has 1 atom stereocenters. The van der Waals surface area contributed by atoms with E-state index in [1.54, 1.807) is 24.3 Å². The molecular formula is C13H17AsO4. The van der Waals surface area contributed by atoms with Crippen LogP contribution in [0.5, 0.6) is 0 Å². The molecule has 0 heterocycles. The number of carboxylic acid groups (broad SMARTS) is 1. The van der Waals surface area contributed by atoms with Crippen molar-refractivity contribution in [3.63, 3.8) is 0 Å². The molecule has 0 aliphatic heterocycles. The van der Waals surface area contributed by atoms with E-state index in [1.165, 1.54) is 0 Å². The van der Waals surface area contributed by atoms with Gasteiger partial charge in [0.15, 0.2) is 0 Å². The summed E-state index contributed by atoms with van der Waals surface area (Å²) < 4.78 is 5.12. The molecular weight excluding hydrogens is 295 g/mol. The first-order valence-corrected chi connectivity index (χ1v) is 8.10. The molecule has 98 valence electrons. The molecule has 1 aromatic carbocycles. The molecule has 0 bridgehead atoms. The zero-order chi connectivity index (χ0) is 13.8. The second-order valence-corrected chi connectivity index (χ2v) is 7.20. The molecule has 5 heteroatoms. The van der Waals surface area contributed by atoms with Crippen molar-refractivity contribution in [1.29, 1.82) is 0 Å². The SMILES string of the molecule is CC(C)(C)OC(=O)[AsH]Cc1ccc(C(=O)O)cc1. The molecule has 0 radical (unpaired) electrons. The van der Waals surface area contributed by atoms with Gasteiger partial charge in [-0.2, -0.15) is 0 Å². The van der Waals surface area contributed by atoms with E-state index in [0.29, 0.717) is 5.21 Å². The minimum atomic E-state index is -0.940. The van der Waals surface area contributed by atoms with Crippen LogP contribution >= 0.6 is 0 Å². The fraction of sp³-hybridized carbons (Fsp3) is 0.385. The van der Waals surface area contributed by atoms with Crippen LogP contribution in [0.2, 0.25) is 0 Å². The Hall–Kier alpha value is -1.28. The monoisotopic (exact) mass is 312 g/mol. The van der Waals surface area contributed by atoms with Gasteiger partial charge in [-0.25, -0.2) is 0 Å². The number of benzene rings is 1. The summed E-state index contributed by atoms with van der Waals surface area (Å²) in [6.45, 7) is 5.54. The Kier molecular flexibility index (Phi) is 4.97. The first-order valence-electron chi connectivity index (χ1n) is 5.57. The molecule has 0 aliphatic rings. The van der Waals surface area contributed by atoms with Crippen LogP contribution in [0.25, 0.3) is 0 Å². The van der Waals surface area contributed by atoms with Gasteiger partial charge in [-0.05, 0) is 0 Å². The van der Waals surface area contributed by atoms with Crippen LogP contribution in [0.15, 0.2) is 24.3 Å². The number of ether oxygens (including phenoxy) is 1. The van der Waals surface area contributed by atoms with Crippen molar-refractivity contribution in [2.24, 2.45) is 0 Å². The van der Waals surface area contributed by atoms with Crippen LogP contribution in [-0.2, 0) is 9.95 Å². The Bertz CT molecular complexity index is 431. The van der Waals surface area contributed by atoms with Crippen molar-refractivity contribution in [3.05, 3.63) is 35.4 Å². The Labute approximate surface area is 113 Å². The summed E-state index contributed by atoms with van der Waals surface area (Å²) >= 11 is -0.855. The second-order valence-electron chi connectivity index (χ2n) is 4.86. The van der Waals surface area contributed by atoms with Crippen LogP contribution in [-0.4, -0.2) is 37.2 Å². The summed E-state index contributed by atoms with van der Waals surface area (Å²) in [7, 11) is 0. The van der Waals surface area contributed by atoms with Crippen molar-refractivity contribution >= 4 is 26.5 Å². The quantitative estimate of drug-likeness (QED) is 0.866. The van der Waals surface area contributed by atoms with Crippen LogP contribution in [0.4, 0.5) is 4.79 Å². The third kappa shape index (κ3) is 5.37. The number of carbonyl (C=O) groups is 2. The Morgan fingerprint density at radius 2 is 1.78 bits per heavy atom. The predicted molar refractivity (Wildman–Crippen MR) is 70.5 cm³/mol. The summed E-state index contributed by atoms with van der Waals surface area (Å²) in [6.07, 6.45) is 0. The summed E-state index contributed by atoms with van der Waals surface area (Å²) in [5, 5.41) is 9.43. The van der Waals surface area contributed by atoms with Gasteiger partial charge in [-0.15, -0.1) is 0 Å². The van der Waals surface area contributed by atoms with Gasteiger partial charge in [-0.1, -0.05) is 0 Å². The fourth-order valence-electron chi connectivity index (χ4n) is 1.25. The molecule has 0 saturated carbocycles. The standard InChI is InChI=1S/C13H17AsO4/c1-13(2,3)18-12(17)14-8-9-4-6-10(7-5-9)11(15)16/h4-7,14H,8H2,1-3H3,(H,15,16). The summed E-state index contributed by atoms with van der Waals surface area (Å²) in [6, 6.07) is 6.60. The predicted octanol–water partition coefficient (Wildman–Crippen LogP) is 2.26. The molecule has 0 aromatic heterocycles. The number of rotatable bonds is 4. The van der Waals surface area contributed by atoms with Gasteiger partial charge in [0.1, 0.15) is 0 Å². The maximum absolute atomic E-state index is 11.5. The van der Waals surface area contributed by atoms with E-state index in [9.17, 15) is 9.59 Å². The van der Waals surface area contributed by atoms with Crippen molar-refractivity contribution < 1.29 is 19.4 Å². The van der Waals surface area contributed by atoms with Gasteiger partial charge >= 0.3 is 113 Å². The third-order valence-electron chi connectivity index (χ3n) is 2.04. The molecule has 4 nitrogen and oxygen atoms in total. The molecule has 1 N–H and O–H groups in total. The Balaban J connectivity index is 2.49. The van der Waals surface area contributed by atoms with E-state index in [1.807, 2.05) is 20.8 Å². The molecule has 0 spiro atoms. The first kappa shape index (κ1) is 14.8. The van der Waals surface area contributed by atoms with E-state index in [0.717, 1.165) is 5.56 Å². The van der Waals surface area contributed by atoms with Gasteiger partial charge in [-0.3, -0.25) is 0 Å². The van der Waals surface area contributed by atoms with Crippen molar-refractivity contribution in [2.75, 3.05) is 0 Å². The van der Waals surface area contributed by atoms with Crippen molar-refractivity contribution in [3.8, 4) is 0 Å². The normalized spacial score (nSPS) is 11.7. The number of aromatic carboxylic acids is 1. The van der Waals surface area contributed by atoms with E-state index < -0.39 is 27.3 Å². The van der Waals surface area contributed by atoms with Crippen molar-refractivity contribution in [2.45, 2.75) is 31.6 Å².